The average Bonchev–Trinajstić information content (AvgIpc) is 2.78. The molecule has 6 heteroatoms. The van der Waals surface area contributed by atoms with Gasteiger partial charge >= 0.3 is 0 Å². The predicted octanol–water partition coefficient (Wildman–Crippen LogP) is 4.49. The highest BCUT2D eigenvalue weighted by atomic mass is 32.2. The van der Waals surface area contributed by atoms with E-state index in [1.165, 1.54) is 0 Å². The fourth-order valence-electron chi connectivity index (χ4n) is 4.26. The number of nitrogens with one attached hydrogen (secondary N) is 1. The second-order valence-electron chi connectivity index (χ2n) is 7.59. The fraction of sp³-hybridized carbons (Fsp3) is 0.261. The summed E-state index contributed by atoms with van der Waals surface area (Å²) in [5, 5.41) is 11.4. The second kappa shape index (κ2) is 7.61. The van der Waals surface area contributed by atoms with Gasteiger partial charge in [-0.05, 0) is 52.9 Å². The summed E-state index contributed by atoms with van der Waals surface area (Å²) >= 11 is 0. The van der Waals surface area contributed by atoms with E-state index < -0.39 is 20.5 Å². The van der Waals surface area contributed by atoms with E-state index in [1.807, 2.05) is 36.4 Å². The average molecular weight is 410 g/mol. The Hall–Kier alpha value is -2.70. The summed E-state index contributed by atoms with van der Waals surface area (Å²) in [6.07, 6.45) is 2.60. The molecule has 0 unspecified atom stereocenters. The molecule has 0 aliphatic heterocycles. The first-order valence-corrected chi connectivity index (χ1v) is 11.2. The molecule has 4 rings (SSSR count). The lowest BCUT2D eigenvalue weighted by Gasteiger charge is -2.34. The molecule has 0 saturated heterocycles. The molecule has 0 bridgehead atoms. The van der Waals surface area contributed by atoms with Gasteiger partial charge in [-0.15, -0.1) is 0 Å². The van der Waals surface area contributed by atoms with E-state index in [0.717, 1.165) is 28.3 Å². The third-order valence-corrected chi connectivity index (χ3v) is 8.45. The first-order chi connectivity index (χ1) is 14.0. The monoisotopic (exact) mass is 409 g/mol. The van der Waals surface area contributed by atoms with Crippen LogP contribution >= 0.6 is 0 Å². The van der Waals surface area contributed by atoms with Crippen LogP contribution in [-0.4, -0.2) is 24.3 Å². The number of hydroxylamine groups is 1. The maximum Gasteiger partial charge on any atom is 0.265 e. The van der Waals surface area contributed by atoms with Crippen molar-refractivity contribution in [2.75, 3.05) is 0 Å². The lowest BCUT2D eigenvalue weighted by molar-refractivity contribution is -0.132. The highest BCUT2D eigenvalue weighted by Crippen LogP contribution is 2.39. The molecule has 0 radical (unpaired) electrons. The number of carbonyl (C=O) groups excluding carboxylic acids is 1. The fourth-order valence-corrected chi connectivity index (χ4v) is 6.33. The van der Waals surface area contributed by atoms with Gasteiger partial charge < -0.3 is 0 Å². The maximum absolute atomic E-state index is 13.4. The van der Waals surface area contributed by atoms with E-state index in [-0.39, 0.29) is 17.7 Å². The summed E-state index contributed by atoms with van der Waals surface area (Å²) in [7, 11) is -3.94. The summed E-state index contributed by atoms with van der Waals surface area (Å²) in [6.45, 7) is 0. The van der Waals surface area contributed by atoms with Gasteiger partial charge in [-0.3, -0.25) is 10.0 Å². The zero-order valence-electron chi connectivity index (χ0n) is 16.0. The Bertz CT molecular complexity index is 1150. The topological polar surface area (TPSA) is 83.5 Å². The van der Waals surface area contributed by atoms with Gasteiger partial charge in [0.2, 0.25) is 0 Å². The van der Waals surface area contributed by atoms with Crippen LogP contribution in [0.2, 0.25) is 0 Å². The number of sulfone groups is 1. The molecular weight excluding hydrogens is 386 g/mol. The minimum absolute atomic E-state index is 0.104. The van der Waals surface area contributed by atoms with Crippen LogP contribution in [0, 0.1) is 0 Å². The minimum Gasteiger partial charge on any atom is -0.289 e. The van der Waals surface area contributed by atoms with E-state index in [2.05, 4.69) is 6.07 Å². The van der Waals surface area contributed by atoms with Crippen LogP contribution in [0.4, 0.5) is 0 Å². The van der Waals surface area contributed by atoms with E-state index in [9.17, 15) is 18.4 Å². The zero-order valence-corrected chi connectivity index (χ0v) is 16.8. The van der Waals surface area contributed by atoms with Crippen LogP contribution in [-0.2, 0) is 14.6 Å². The molecule has 1 amide bonds. The van der Waals surface area contributed by atoms with Crippen LogP contribution < -0.4 is 5.48 Å². The first kappa shape index (κ1) is 19.6. The summed E-state index contributed by atoms with van der Waals surface area (Å²) in [5.41, 5.74) is 3.48. The van der Waals surface area contributed by atoms with Crippen molar-refractivity contribution in [3.05, 3.63) is 66.7 Å². The van der Waals surface area contributed by atoms with Gasteiger partial charge in [0.25, 0.3) is 5.91 Å². The number of carbonyl (C=O) groups is 1. The van der Waals surface area contributed by atoms with Crippen molar-refractivity contribution in [3.63, 3.8) is 0 Å². The van der Waals surface area contributed by atoms with Crippen molar-refractivity contribution in [2.45, 2.75) is 41.7 Å². The highest BCUT2D eigenvalue weighted by molar-refractivity contribution is 7.93. The van der Waals surface area contributed by atoms with Crippen LogP contribution in [0.15, 0.2) is 71.6 Å². The summed E-state index contributed by atoms with van der Waals surface area (Å²) < 4.78 is 25.1. The van der Waals surface area contributed by atoms with Crippen molar-refractivity contribution >= 4 is 26.5 Å². The molecule has 29 heavy (non-hydrogen) atoms. The van der Waals surface area contributed by atoms with Crippen molar-refractivity contribution in [3.8, 4) is 11.1 Å². The van der Waals surface area contributed by atoms with E-state index >= 15 is 0 Å². The maximum atomic E-state index is 13.4. The molecule has 3 aromatic rings. The molecule has 1 fully saturated rings. The molecule has 150 valence electrons. The lowest BCUT2D eigenvalue weighted by atomic mass is 9.88. The molecular formula is C23H23NO4S. The zero-order chi connectivity index (χ0) is 20.5. The quantitative estimate of drug-likeness (QED) is 0.491. The van der Waals surface area contributed by atoms with E-state index in [1.54, 1.807) is 29.7 Å². The number of amides is 1. The highest BCUT2D eigenvalue weighted by Gasteiger charge is 2.51. The predicted molar refractivity (Wildman–Crippen MR) is 112 cm³/mol. The van der Waals surface area contributed by atoms with Gasteiger partial charge in [-0.25, -0.2) is 13.9 Å². The number of hydrogen-bond acceptors (Lipinski definition) is 4. The first-order valence-electron chi connectivity index (χ1n) is 9.76. The Kier molecular flexibility index (Phi) is 5.15. The Balaban J connectivity index is 1.71. The number of rotatable bonds is 4. The largest absolute Gasteiger partial charge is 0.289 e. The molecule has 0 aromatic heterocycles. The molecule has 0 atom stereocenters. The molecule has 0 spiro atoms. The SMILES string of the molecule is O=C(NO)C1(S(=O)(=O)c2ccc(-c3ccc4ccccc4c3)cc2)CCCCC1. The molecule has 5 nitrogen and oxygen atoms in total. The van der Waals surface area contributed by atoms with Gasteiger partial charge in [0.15, 0.2) is 14.6 Å². The summed E-state index contributed by atoms with van der Waals surface area (Å²) in [5.74, 6) is -0.837. The smallest absolute Gasteiger partial charge is 0.265 e. The van der Waals surface area contributed by atoms with Crippen LogP contribution in [0.1, 0.15) is 32.1 Å². The molecule has 1 aliphatic rings. The van der Waals surface area contributed by atoms with Crippen molar-refractivity contribution in [1.82, 2.24) is 5.48 Å². The summed E-state index contributed by atoms with van der Waals surface area (Å²) in [4.78, 5) is 12.5. The second-order valence-corrected chi connectivity index (χ2v) is 9.85. The van der Waals surface area contributed by atoms with Gasteiger partial charge in [0, 0.05) is 0 Å². The van der Waals surface area contributed by atoms with Crippen molar-refractivity contribution in [2.24, 2.45) is 0 Å². The normalized spacial score (nSPS) is 16.4. The van der Waals surface area contributed by atoms with Gasteiger partial charge in [0.1, 0.15) is 0 Å². The van der Waals surface area contributed by atoms with Crippen molar-refractivity contribution in [1.29, 1.82) is 0 Å². The van der Waals surface area contributed by atoms with E-state index in [0.29, 0.717) is 12.8 Å². The van der Waals surface area contributed by atoms with Crippen LogP contribution in [0.5, 0.6) is 0 Å². The molecule has 3 aromatic carbocycles. The van der Waals surface area contributed by atoms with Crippen molar-refractivity contribution < 1.29 is 18.4 Å². The van der Waals surface area contributed by atoms with E-state index in [4.69, 9.17) is 0 Å². The van der Waals surface area contributed by atoms with Crippen LogP contribution in [0.3, 0.4) is 0 Å². The van der Waals surface area contributed by atoms with Gasteiger partial charge in [0.05, 0.1) is 4.90 Å². The lowest BCUT2D eigenvalue weighted by Crippen LogP contribution is -2.52. The molecule has 1 aliphatic carbocycles. The van der Waals surface area contributed by atoms with Gasteiger partial charge in [-0.2, -0.15) is 0 Å². The molecule has 0 heterocycles. The standard InChI is InChI=1S/C23H23NO4S/c25-22(24-26)23(14-4-1-5-15-23)29(27,28)21-12-10-18(11-13-21)20-9-8-17-6-2-3-7-19(17)16-20/h2-3,6-13,16,26H,1,4-5,14-15H2,(H,24,25). The third-order valence-electron chi connectivity index (χ3n) is 5.94. The minimum atomic E-state index is -3.94. The Labute approximate surface area is 170 Å². The third kappa shape index (κ3) is 3.32. The number of fused-ring (bicyclic) bond motifs is 1. The Morgan fingerprint density at radius 2 is 1.45 bits per heavy atom. The number of benzene rings is 3. The molecule has 2 N–H and O–H groups in total. The van der Waals surface area contributed by atoms with Gasteiger partial charge in [-0.1, -0.05) is 67.8 Å². The molecule has 1 saturated carbocycles. The number of hydrogen-bond donors (Lipinski definition) is 2. The summed E-state index contributed by atoms with van der Waals surface area (Å²) in [6, 6.07) is 20.8. The Morgan fingerprint density at radius 1 is 0.828 bits per heavy atom. The Morgan fingerprint density at radius 3 is 2.10 bits per heavy atom. The van der Waals surface area contributed by atoms with Crippen LogP contribution in [0.25, 0.3) is 21.9 Å².